The summed E-state index contributed by atoms with van der Waals surface area (Å²) in [5.74, 6) is -0.443. The van der Waals surface area contributed by atoms with Crippen molar-refractivity contribution in [2.45, 2.75) is 32.7 Å². The second kappa shape index (κ2) is 7.32. The van der Waals surface area contributed by atoms with Gasteiger partial charge < -0.3 is 5.32 Å². The summed E-state index contributed by atoms with van der Waals surface area (Å²) in [6.07, 6.45) is 1.78. The van der Waals surface area contributed by atoms with Gasteiger partial charge in [0.2, 0.25) is 0 Å². The van der Waals surface area contributed by atoms with E-state index in [4.69, 9.17) is 0 Å². The van der Waals surface area contributed by atoms with Gasteiger partial charge in [-0.15, -0.1) is 0 Å². The third kappa shape index (κ3) is 4.36. The number of nitrogens with one attached hydrogen (secondary N) is 1. The highest BCUT2D eigenvalue weighted by atomic mass is 19.1. The van der Waals surface area contributed by atoms with Gasteiger partial charge in [0, 0.05) is 6.04 Å². The Morgan fingerprint density at radius 3 is 2.29 bits per heavy atom. The lowest BCUT2D eigenvalue weighted by Crippen LogP contribution is -2.25. The van der Waals surface area contributed by atoms with E-state index in [1.54, 1.807) is 18.2 Å². The molecule has 0 aromatic heterocycles. The van der Waals surface area contributed by atoms with Crippen LogP contribution in [-0.4, -0.2) is 6.54 Å². The van der Waals surface area contributed by atoms with Gasteiger partial charge in [0.15, 0.2) is 0 Å². The smallest absolute Gasteiger partial charge is 0.123 e. The predicted molar refractivity (Wildman–Crippen MR) is 82.3 cm³/mol. The van der Waals surface area contributed by atoms with Crippen molar-refractivity contribution >= 4 is 0 Å². The third-order valence-electron chi connectivity index (χ3n) is 3.60. The van der Waals surface area contributed by atoms with Gasteiger partial charge in [-0.3, -0.25) is 0 Å². The Hall–Kier alpha value is -1.74. The minimum Gasteiger partial charge on any atom is -0.310 e. The molecule has 0 aliphatic heterocycles. The van der Waals surface area contributed by atoms with E-state index < -0.39 is 0 Å². The van der Waals surface area contributed by atoms with Crippen LogP contribution in [0.2, 0.25) is 0 Å². The van der Waals surface area contributed by atoms with Crippen LogP contribution in [0.3, 0.4) is 0 Å². The van der Waals surface area contributed by atoms with Gasteiger partial charge in [-0.1, -0.05) is 25.1 Å². The summed E-state index contributed by atoms with van der Waals surface area (Å²) in [4.78, 5) is 0. The summed E-state index contributed by atoms with van der Waals surface area (Å²) in [6, 6.07) is 11.5. The zero-order valence-electron chi connectivity index (χ0n) is 12.5. The summed E-state index contributed by atoms with van der Waals surface area (Å²) in [7, 11) is 0. The summed E-state index contributed by atoms with van der Waals surface area (Å²) >= 11 is 0. The quantitative estimate of drug-likeness (QED) is 0.822. The fraction of sp³-hybridized carbons (Fsp3) is 0.333. The monoisotopic (exact) mass is 289 g/mol. The van der Waals surface area contributed by atoms with Crippen LogP contribution in [0.1, 0.15) is 36.1 Å². The average Bonchev–Trinajstić information content (AvgIpc) is 2.46. The Kier molecular flexibility index (Phi) is 5.45. The number of hydrogen-bond acceptors (Lipinski definition) is 1. The molecule has 1 unspecified atom stereocenters. The van der Waals surface area contributed by atoms with Crippen molar-refractivity contribution in [1.82, 2.24) is 5.32 Å². The van der Waals surface area contributed by atoms with Crippen molar-refractivity contribution < 1.29 is 8.78 Å². The van der Waals surface area contributed by atoms with Gasteiger partial charge in [-0.05, 0) is 67.3 Å². The molecule has 2 aromatic rings. The topological polar surface area (TPSA) is 12.0 Å². The highest BCUT2D eigenvalue weighted by Gasteiger charge is 2.14. The van der Waals surface area contributed by atoms with E-state index in [2.05, 4.69) is 12.2 Å². The van der Waals surface area contributed by atoms with Gasteiger partial charge in [0.05, 0.1) is 0 Å². The molecule has 2 rings (SSSR count). The second-order valence-electron chi connectivity index (χ2n) is 5.34. The van der Waals surface area contributed by atoms with Crippen LogP contribution in [-0.2, 0) is 6.42 Å². The average molecular weight is 289 g/mol. The Morgan fingerprint density at radius 2 is 1.67 bits per heavy atom. The fourth-order valence-corrected chi connectivity index (χ4v) is 2.50. The van der Waals surface area contributed by atoms with Crippen LogP contribution >= 0.6 is 0 Å². The molecular formula is C18H21F2N. The summed E-state index contributed by atoms with van der Waals surface area (Å²) in [5, 5.41) is 3.49. The normalized spacial score (nSPS) is 12.4. The number of benzene rings is 2. The maximum atomic E-state index is 13.3. The molecule has 0 aliphatic rings. The van der Waals surface area contributed by atoms with Crippen molar-refractivity contribution in [3.63, 3.8) is 0 Å². The Labute approximate surface area is 125 Å². The molecule has 0 spiro atoms. The maximum Gasteiger partial charge on any atom is 0.123 e. The molecule has 0 fully saturated rings. The molecule has 21 heavy (non-hydrogen) atoms. The molecule has 0 heterocycles. The van der Waals surface area contributed by atoms with Crippen molar-refractivity contribution in [2.24, 2.45) is 0 Å². The molecule has 112 valence electrons. The van der Waals surface area contributed by atoms with Gasteiger partial charge in [0.25, 0.3) is 0 Å². The molecule has 2 aromatic carbocycles. The number of halogens is 2. The highest BCUT2D eigenvalue weighted by molar-refractivity contribution is 5.31. The molecule has 0 saturated carbocycles. The highest BCUT2D eigenvalue weighted by Crippen LogP contribution is 2.23. The van der Waals surface area contributed by atoms with Crippen molar-refractivity contribution in [3.05, 3.63) is 70.8 Å². The van der Waals surface area contributed by atoms with E-state index in [0.29, 0.717) is 0 Å². The first-order valence-corrected chi connectivity index (χ1v) is 7.34. The van der Waals surface area contributed by atoms with Gasteiger partial charge in [0.1, 0.15) is 11.6 Å². The molecule has 3 heteroatoms. The first kappa shape index (κ1) is 15.6. The van der Waals surface area contributed by atoms with Crippen LogP contribution in [0, 0.1) is 18.6 Å². The molecule has 0 amide bonds. The first-order chi connectivity index (χ1) is 10.1. The summed E-state index contributed by atoms with van der Waals surface area (Å²) in [5.41, 5.74) is 3.09. The van der Waals surface area contributed by atoms with E-state index in [1.807, 2.05) is 13.0 Å². The van der Waals surface area contributed by atoms with E-state index in [9.17, 15) is 8.78 Å². The standard InChI is InChI=1S/C18H21F2N/c1-3-10-21-18(12-14-4-6-15(19)7-5-14)17-9-8-16(20)11-13(17)2/h4-9,11,18,21H,3,10,12H2,1-2H3. The molecule has 0 radical (unpaired) electrons. The maximum absolute atomic E-state index is 13.3. The number of hydrogen-bond donors (Lipinski definition) is 1. The largest absolute Gasteiger partial charge is 0.310 e. The SMILES string of the molecule is CCCNC(Cc1ccc(F)cc1)c1ccc(F)cc1C. The van der Waals surface area contributed by atoms with Crippen LogP contribution in [0.4, 0.5) is 8.78 Å². The minimum atomic E-state index is -0.227. The summed E-state index contributed by atoms with van der Waals surface area (Å²) < 4.78 is 26.3. The Morgan fingerprint density at radius 1 is 1.00 bits per heavy atom. The number of aryl methyl sites for hydroxylation is 1. The van der Waals surface area contributed by atoms with Crippen LogP contribution < -0.4 is 5.32 Å². The van der Waals surface area contributed by atoms with E-state index in [-0.39, 0.29) is 17.7 Å². The van der Waals surface area contributed by atoms with E-state index in [1.165, 1.54) is 18.2 Å². The molecular weight excluding hydrogens is 268 g/mol. The van der Waals surface area contributed by atoms with Gasteiger partial charge >= 0.3 is 0 Å². The van der Waals surface area contributed by atoms with Crippen molar-refractivity contribution in [2.75, 3.05) is 6.54 Å². The minimum absolute atomic E-state index is 0.107. The second-order valence-corrected chi connectivity index (χ2v) is 5.34. The lowest BCUT2D eigenvalue weighted by atomic mass is 9.95. The van der Waals surface area contributed by atoms with Crippen molar-refractivity contribution in [1.29, 1.82) is 0 Å². The molecule has 1 nitrogen and oxygen atoms in total. The van der Waals surface area contributed by atoms with Crippen LogP contribution in [0.15, 0.2) is 42.5 Å². The molecule has 0 bridgehead atoms. The Bertz CT molecular complexity index is 578. The van der Waals surface area contributed by atoms with Crippen LogP contribution in [0.5, 0.6) is 0 Å². The lowest BCUT2D eigenvalue weighted by Gasteiger charge is -2.21. The Balaban J connectivity index is 2.22. The molecule has 1 N–H and O–H groups in total. The van der Waals surface area contributed by atoms with E-state index >= 15 is 0 Å². The van der Waals surface area contributed by atoms with Gasteiger partial charge in [-0.25, -0.2) is 8.78 Å². The molecule has 0 aliphatic carbocycles. The van der Waals surface area contributed by atoms with Crippen LogP contribution in [0.25, 0.3) is 0 Å². The van der Waals surface area contributed by atoms with Crippen molar-refractivity contribution in [3.8, 4) is 0 Å². The fourth-order valence-electron chi connectivity index (χ4n) is 2.50. The number of rotatable bonds is 6. The molecule has 0 saturated heterocycles. The summed E-state index contributed by atoms with van der Waals surface area (Å²) in [6.45, 7) is 4.92. The first-order valence-electron chi connectivity index (χ1n) is 7.34. The zero-order valence-corrected chi connectivity index (χ0v) is 12.5. The molecule has 1 atom stereocenters. The van der Waals surface area contributed by atoms with E-state index in [0.717, 1.165) is 36.1 Å². The predicted octanol–water partition coefficient (Wildman–Crippen LogP) is 4.56. The zero-order chi connectivity index (χ0) is 15.2. The lowest BCUT2D eigenvalue weighted by molar-refractivity contribution is 0.524. The third-order valence-corrected chi connectivity index (χ3v) is 3.60. The van der Waals surface area contributed by atoms with Gasteiger partial charge in [-0.2, -0.15) is 0 Å².